The maximum Gasteiger partial charge on any atom is 0.169 e. The van der Waals surface area contributed by atoms with Crippen LogP contribution in [-0.2, 0) is 9.47 Å². The van der Waals surface area contributed by atoms with E-state index in [-0.39, 0.29) is 11.9 Å². The summed E-state index contributed by atoms with van der Waals surface area (Å²) in [4.78, 5) is 0. The number of aliphatic hydroxyl groups is 1. The summed E-state index contributed by atoms with van der Waals surface area (Å²) < 4.78 is 11.1. The van der Waals surface area contributed by atoms with Crippen molar-refractivity contribution in [3.8, 4) is 0 Å². The number of hydrogen-bond acceptors (Lipinski definition) is 3. The van der Waals surface area contributed by atoms with E-state index in [0.717, 1.165) is 38.9 Å². The minimum Gasteiger partial charge on any atom is -0.393 e. The Kier molecular flexibility index (Phi) is 1.23. The summed E-state index contributed by atoms with van der Waals surface area (Å²) in [5.74, 6) is -0.222. The van der Waals surface area contributed by atoms with Crippen LogP contribution < -0.4 is 0 Å². The van der Waals surface area contributed by atoms with Crippen molar-refractivity contribution in [1.82, 2.24) is 0 Å². The van der Waals surface area contributed by atoms with Crippen molar-refractivity contribution < 1.29 is 14.6 Å². The normalized spacial score (nSPS) is 36.8. The third-order valence-electron chi connectivity index (χ3n) is 3.44. The van der Waals surface area contributed by atoms with E-state index in [0.29, 0.717) is 5.41 Å². The van der Waals surface area contributed by atoms with Crippen LogP contribution in [0.3, 0.4) is 0 Å². The fraction of sp³-hybridized carbons (Fsp3) is 1.00. The molecule has 2 spiro atoms. The Labute approximate surface area is 71.7 Å². The number of ether oxygens (including phenoxy) is 2. The van der Waals surface area contributed by atoms with Crippen LogP contribution in [0, 0.1) is 5.41 Å². The van der Waals surface area contributed by atoms with Crippen molar-refractivity contribution in [2.45, 2.75) is 37.6 Å². The molecule has 1 N–H and O–H groups in total. The van der Waals surface area contributed by atoms with E-state index < -0.39 is 0 Å². The SMILES string of the molecule is OC1CC2(C1)CC1(C2)OCCO1. The van der Waals surface area contributed by atoms with Crippen molar-refractivity contribution in [1.29, 1.82) is 0 Å². The van der Waals surface area contributed by atoms with E-state index in [1.54, 1.807) is 0 Å². The summed E-state index contributed by atoms with van der Waals surface area (Å²) in [6.45, 7) is 1.50. The highest BCUT2D eigenvalue weighted by atomic mass is 16.7. The first kappa shape index (κ1) is 7.30. The maximum absolute atomic E-state index is 9.20. The van der Waals surface area contributed by atoms with Gasteiger partial charge in [-0.15, -0.1) is 0 Å². The minimum atomic E-state index is -0.222. The van der Waals surface area contributed by atoms with Gasteiger partial charge >= 0.3 is 0 Å². The molecule has 12 heavy (non-hydrogen) atoms. The van der Waals surface area contributed by atoms with Crippen LogP contribution in [0.4, 0.5) is 0 Å². The third-order valence-corrected chi connectivity index (χ3v) is 3.44. The van der Waals surface area contributed by atoms with Crippen LogP contribution in [0.15, 0.2) is 0 Å². The van der Waals surface area contributed by atoms with Crippen molar-refractivity contribution >= 4 is 0 Å². The van der Waals surface area contributed by atoms with Gasteiger partial charge in [0.25, 0.3) is 0 Å². The second kappa shape index (κ2) is 2.03. The molecule has 0 amide bonds. The second-order valence-electron chi connectivity index (χ2n) is 4.52. The molecule has 2 aliphatic carbocycles. The highest BCUT2D eigenvalue weighted by Crippen LogP contribution is 2.62. The zero-order chi connectivity index (χ0) is 8.23. The van der Waals surface area contributed by atoms with Crippen LogP contribution in [0.25, 0.3) is 0 Å². The summed E-state index contributed by atoms with van der Waals surface area (Å²) in [5.41, 5.74) is 0.393. The molecular formula is C9H14O3. The first-order valence-corrected chi connectivity index (χ1v) is 4.68. The molecule has 1 saturated heterocycles. The summed E-state index contributed by atoms with van der Waals surface area (Å²) >= 11 is 0. The highest BCUT2D eigenvalue weighted by Gasteiger charge is 2.62. The van der Waals surface area contributed by atoms with Gasteiger partial charge in [-0.1, -0.05) is 0 Å². The number of hydrogen-bond donors (Lipinski definition) is 1. The average molecular weight is 170 g/mol. The van der Waals surface area contributed by atoms with Gasteiger partial charge in [0, 0.05) is 12.8 Å². The molecule has 3 fully saturated rings. The van der Waals surface area contributed by atoms with Crippen LogP contribution in [0.5, 0.6) is 0 Å². The number of rotatable bonds is 0. The Balaban J connectivity index is 1.64. The lowest BCUT2D eigenvalue weighted by atomic mass is 9.52. The van der Waals surface area contributed by atoms with E-state index in [9.17, 15) is 5.11 Å². The Morgan fingerprint density at radius 3 is 2.17 bits per heavy atom. The predicted octanol–water partition coefficient (Wildman–Crippen LogP) is 0.664. The molecule has 0 bridgehead atoms. The fourth-order valence-corrected chi connectivity index (χ4v) is 3.02. The third kappa shape index (κ3) is 0.817. The topological polar surface area (TPSA) is 38.7 Å². The van der Waals surface area contributed by atoms with Gasteiger partial charge in [-0.25, -0.2) is 0 Å². The first-order chi connectivity index (χ1) is 5.72. The average Bonchev–Trinajstić information content (AvgIpc) is 2.31. The molecule has 0 atom stereocenters. The molecule has 3 heteroatoms. The van der Waals surface area contributed by atoms with Gasteiger partial charge in [0.1, 0.15) is 0 Å². The Hall–Kier alpha value is -0.120. The molecular weight excluding hydrogens is 156 g/mol. The molecule has 0 unspecified atom stereocenters. The molecule has 68 valence electrons. The van der Waals surface area contributed by atoms with Crippen LogP contribution in [-0.4, -0.2) is 30.2 Å². The smallest absolute Gasteiger partial charge is 0.169 e. The molecule has 3 nitrogen and oxygen atoms in total. The van der Waals surface area contributed by atoms with Gasteiger partial charge in [-0.2, -0.15) is 0 Å². The molecule has 2 saturated carbocycles. The van der Waals surface area contributed by atoms with Gasteiger partial charge < -0.3 is 14.6 Å². The van der Waals surface area contributed by atoms with Crippen molar-refractivity contribution in [3.05, 3.63) is 0 Å². The largest absolute Gasteiger partial charge is 0.393 e. The van der Waals surface area contributed by atoms with Crippen molar-refractivity contribution in [2.24, 2.45) is 5.41 Å². The lowest BCUT2D eigenvalue weighted by Gasteiger charge is -2.59. The molecule has 0 aromatic heterocycles. The number of aliphatic hydroxyl groups excluding tert-OH is 1. The molecule has 0 aromatic rings. The van der Waals surface area contributed by atoms with Gasteiger partial charge in [-0.3, -0.25) is 0 Å². The van der Waals surface area contributed by atoms with Crippen LogP contribution in [0.2, 0.25) is 0 Å². The second-order valence-corrected chi connectivity index (χ2v) is 4.52. The quantitative estimate of drug-likeness (QED) is 0.580. The fourth-order valence-electron chi connectivity index (χ4n) is 3.02. The molecule has 0 aromatic carbocycles. The summed E-state index contributed by atoms with van der Waals surface area (Å²) in [5, 5.41) is 9.20. The Bertz CT molecular complexity index is 192. The van der Waals surface area contributed by atoms with E-state index in [1.807, 2.05) is 0 Å². The monoisotopic (exact) mass is 170 g/mol. The summed E-state index contributed by atoms with van der Waals surface area (Å²) in [6.07, 6.45) is 3.89. The molecule has 1 heterocycles. The lowest BCUT2D eigenvalue weighted by molar-refractivity contribution is -0.293. The van der Waals surface area contributed by atoms with E-state index in [2.05, 4.69) is 0 Å². The predicted molar refractivity (Wildman–Crippen MR) is 41.5 cm³/mol. The zero-order valence-electron chi connectivity index (χ0n) is 7.08. The maximum atomic E-state index is 9.20. The van der Waals surface area contributed by atoms with E-state index in [4.69, 9.17) is 9.47 Å². The highest BCUT2D eigenvalue weighted by molar-refractivity contribution is 5.08. The van der Waals surface area contributed by atoms with E-state index >= 15 is 0 Å². The van der Waals surface area contributed by atoms with Crippen molar-refractivity contribution in [3.63, 3.8) is 0 Å². The Morgan fingerprint density at radius 1 is 1.08 bits per heavy atom. The van der Waals surface area contributed by atoms with Gasteiger partial charge in [-0.05, 0) is 18.3 Å². The molecule has 0 radical (unpaired) electrons. The lowest BCUT2D eigenvalue weighted by Crippen LogP contribution is -2.59. The molecule has 3 aliphatic rings. The minimum absolute atomic E-state index is 0.0521. The summed E-state index contributed by atoms with van der Waals surface area (Å²) in [7, 11) is 0. The van der Waals surface area contributed by atoms with Gasteiger partial charge in [0.2, 0.25) is 0 Å². The van der Waals surface area contributed by atoms with Gasteiger partial charge in [0.15, 0.2) is 5.79 Å². The summed E-state index contributed by atoms with van der Waals surface area (Å²) in [6, 6.07) is 0. The zero-order valence-corrected chi connectivity index (χ0v) is 7.08. The van der Waals surface area contributed by atoms with Crippen LogP contribution >= 0.6 is 0 Å². The van der Waals surface area contributed by atoms with E-state index in [1.165, 1.54) is 0 Å². The van der Waals surface area contributed by atoms with Crippen LogP contribution in [0.1, 0.15) is 25.7 Å². The Morgan fingerprint density at radius 2 is 1.67 bits per heavy atom. The van der Waals surface area contributed by atoms with Crippen molar-refractivity contribution in [2.75, 3.05) is 13.2 Å². The molecule has 3 rings (SSSR count). The van der Waals surface area contributed by atoms with Gasteiger partial charge in [0.05, 0.1) is 19.3 Å². The first-order valence-electron chi connectivity index (χ1n) is 4.68. The standard InChI is InChI=1S/C9H14O3/c10-7-3-8(4-7)5-9(6-8)11-1-2-12-9/h7,10H,1-6H2. The molecule has 1 aliphatic heterocycles.